The fraction of sp³-hybridized carbons (Fsp3) is 0.286. The Morgan fingerprint density at radius 2 is 2.18 bits per heavy atom. The first-order chi connectivity index (χ1) is 8.20. The molecule has 1 aliphatic rings. The zero-order valence-electron chi connectivity index (χ0n) is 9.39. The number of carboxylic acid groups (broad SMARTS) is 1. The average molecular weight is 227 g/mol. The fourth-order valence-electron chi connectivity index (χ4n) is 2.04. The molecule has 3 heteroatoms. The van der Waals surface area contributed by atoms with E-state index in [1.807, 2.05) is 36.4 Å². The maximum absolute atomic E-state index is 11.3. The highest BCUT2D eigenvalue weighted by atomic mass is 16.4. The van der Waals surface area contributed by atoms with E-state index in [0.717, 1.165) is 11.1 Å². The van der Waals surface area contributed by atoms with Crippen molar-refractivity contribution >= 4 is 12.0 Å². The zero-order valence-corrected chi connectivity index (χ0v) is 9.39. The molecule has 1 aromatic rings. The van der Waals surface area contributed by atoms with Crippen LogP contribution in [0.2, 0.25) is 0 Å². The Labute approximate surface area is 100 Å². The molecule has 2 rings (SSSR count). The molecule has 0 atom stereocenters. The Morgan fingerprint density at radius 1 is 1.47 bits per heavy atom. The molecule has 0 aromatic heterocycles. The Hall–Kier alpha value is -2.08. The molecule has 86 valence electrons. The number of hydrogen-bond acceptors (Lipinski definition) is 2. The number of carboxylic acids is 1. The van der Waals surface area contributed by atoms with Crippen molar-refractivity contribution in [3.05, 3.63) is 41.5 Å². The van der Waals surface area contributed by atoms with E-state index in [1.165, 1.54) is 0 Å². The summed E-state index contributed by atoms with van der Waals surface area (Å²) >= 11 is 0. The SMILES string of the molecule is N#CCC=Cc1ccccc1C1(C(=O)O)CC1. The molecule has 0 saturated heterocycles. The minimum absolute atomic E-state index is 0.342. The van der Waals surface area contributed by atoms with Crippen molar-refractivity contribution in [2.45, 2.75) is 24.7 Å². The number of nitriles is 1. The molecule has 0 heterocycles. The van der Waals surface area contributed by atoms with E-state index in [9.17, 15) is 9.90 Å². The molecule has 17 heavy (non-hydrogen) atoms. The number of carbonyl (C=O) groups is 1. The van der Waals surface area contributed by atoms with Gasteiger partial charge in [-0.05, 0) is 24.0 Å². The predicted octanol–water partition coefficient (Wildman–Crippen LogP) is 2.73. The monoisotopic (exact) mass is 227 g/mol. The summed E-state index contributed by atoms with van der Waals surface area (Å²) in [6.45, 7) is 0. The molecule has 0 radical (unpaired) electrons. The highest BCUT2D eigenvalue weighted by Crippen LogP contribution is 2.49. The van der Waals surface area contributed by atoms with Gasteiger partial charge in [0, 0.05) is 0 Å². The van der Waals surface area contributed by atoms with E-state index in [4.69, 9.17) is 5.26 Å². The van der Waals surface area contributed by atoms with Gasteiger partial charge in [-0.3, -0.25) is 4.79 Å². The summed E-state index contributed by atoms with van der Waals surface area (Å²) in [6.07, 6.45) is 5.34. The lowest BCUT2D eigenvalue weighted by Crippen LogP contribution is -2.20. The zero-order chi connectivity index (χ0) is 12.3. The van der Waals surface area contributed by atoms with Gasteiger partial charge in [-0.25, -0.2) is 0 Å². The molecule has 0 spiro atoms. The van der Waals surface area contributed by atoms with Gasteiger partial charge in [-0.2, -0.15) is 5.26 Å². The van der Waals surface area contributed by atoms with Crippen LogP contribution in [0, 0.1) is 11.3 Å². The summed E-state index contributed by atoms with van der Waals surface area (Å²) in [5, 5.41) is 17.8. The van der Waals surface area contributed by atoms with Gasteiger partial charge in [-0.15, -0.1) is 0 Å². The normalized spacial score (nSPS) is 16.6. The van der Waals surface area contributed by atoms with Crippen molar-refractivity contribution in [3.8, 4) is 6.07 Å². The van der Waals surface area contributed by atoms with E-state index in [-0.39, 0.29) is 0 Å². The van der Waals surface area contributed by atoms with Crippen LogP contribution in [0.15, 0.2) is 30.3 Å². The van der Waals surface area contributed by atoms with Gasteiger partial charge in [0.25, 0.3) is 0 Å². The molecule has 0 aliphatic heterocycles. The molecule has 1 saturated carbocycles. The van der Waals surface area contributed by atoms with Crippen molar-refractivity contribution in [1.82, 2.24) is 0 Å². The lowest BCUT2D eigenvalue weighted by molar-refractivity contribution is -0.140. The van der Waals surface area contributed by atoms with E-state index >= 15 is 0 Å². The largest absolute Gasteiger partial charge is 0.481 e. The second kappa shape index (κ2) is 4.42. The summed E-state index contributed by atoms with van der Waals surface area (Å²) in [5.41, 5.74) is 1.08. The number of rotatable bonds is 4. The number of hydrogen-bond donors (Lipinski definition) is 1. The van der Waals surface area contributed by atoms with Crippen LogP contribution < -0.4 is 0 Å². The lowest BCUT2D eigenvalue weighted by atomic mass is 9.91. The topological polar surface area (TPSA) is 61.1 Å². The molecular formula is C14H13NO2. The number of aliphatic carboxylic acids is 1. The van der Waals surface area contributed by atoms with Crippen LogP contribution in [0.4, 0.5) is 0 Å². The van der Waals surface area contributed by atoms with Crippen LogP contribution in [0.1, 0.15) is 30.4 Å². The molecule has 1 aliphatic carbocycles. The summed E-state index contributed by atoms with van der Waals surface area (Å²) in [5.74, 6) is -0.751. The van der Waals surface area contributed by atoms with Gasteiger partial charge in [-0.1, -0.05) is 36.4 Å². The predicted molar refractivity (Wildman–Crippen MR) is 64.3 cm³/mol. The third kappa shape index (κ3) is 2.07. The number of nitrogens with zero attached hydrogens (tertiary/aromatic N) is 1. The fourth-order valence-corrected chi connectivity index (χ4v) is 2.04. The Morgan fingerprint density at radius 3 is 2.76 bits per heavy atom. The number of benzene rings is 1. The second-order valence-corrected chi connectivity index (χ2v) is 4.24. The van der Waals surface area contributed by atoms with Crippen molar-refractivity contribution in [2.24, 2.45) is 0 Å². The Bertz CT molecular complexity index is 507. The molecule has 1 fully saturated rings. The van der Waals surface area contributed by atoms with Gasteiger partial charge in [0.1, 0.15) is 0 Å². The van der Waals surface area contributed by atoms with Gasteiger partial charge in [0.05, 0.1) is 17.9 Å². The third-order valence-corrected chi connectivity index (χ3v) is 3.14. The first kappa shape index (κ1) is 11.4. The van der Waals surface area contributed by atoms with E-state index in [0.29, 0.717) is 19.3 Å². The Kier molecular flexibility index (Phi) is 2.97. The van der Waals surface area contributed by atoms with Crippen LogP contribution in [-0.4, -0.2) is 11.1 Å². The lowest BCUT2D eigenvalue weighted by Gasteiger charge is -2.13. The first-order valence-electron chi connectivity index (χ1n) is 5.57. The summed E-state index contributed by atoms with van der Waals surface area (Å²) < 4.78 is 0. The standard InChI is InChI=1S/C14H13NO2/c15-10-4-3-6-11-5-1-2-7-12(11)14(8-9-14)13(16)17/h1-3,5-7H,4,8-9H2,(H,16,17). The third-order valence-electron chi connectivity index (χ3n) is 3.14. The second-order valence-electron chi connectivity index (χ2n) is 4.24. The van der Waals surface area contributed by atoms with Crippen LogP contribution in [0.5, 0.6) is 0 Å². The van der Waals surface area contributed by atoms with Crippen LogP contribution in [0.3, 0.4) is 0 Å². The van der Waals surface area contributed by atoms with Gasteiger partial charge >= 0.3 is 5.97 Å². The van der Waals surface area contributed by atoms with Crippen LogP contribution in [-0.2, 0) is 10.2 Å². The van der Waals surface area contributed by atoms with E-state index < -0.39 is 11.4 Å². The molecule has 1 aromatic carbocycles. The molecule has 0 unspecified atom stereocenters. The minimum Gasteiger partial charge on any atom is -0.481 e. The Balaban J connectivity index is 2.35. The molecular weight excluding hydrogens is 214 g/mol. The molecule has 0 amide bonds. The quantitative estimate of drug-likeness (QED) is 0.860. The number of allylic oxidation sites excluding steroid dienone is 1. The summed E-state index contributed by atoms with van der Waals surface area (Å²) in [6, 6.07) is 9.54. The van der Waals surface area contributed by atoms with E-state index in [1.54, 1.807) is 6.08 Å². The summed E-state index contributed by atoms with van der Waals surface area (Å²) in [4.78, 5) is 11.3. The smallest absolute Gasteiger partial charge is 0.314 e. The first-order valence-corrected chi connectivity index (χ1v) is 5.57. The van der Waals surface area contributed by atoms with Crippen molar-refractivity contribution in [2.75, 3.05) is 0 Å². The average Bonchev–Trinajstić information content (AvgIpc) is 3.11. The van der Waals surface area contributed by atoms with Crippen molar-refractivity contribution in [1.29, 1.82) is 5.26 Å². The van der Waals surface area contributed by atoms with Gasteiger partial charge in [0.2, 0.25) is 0 Å². The van der Waals surface area contributed by atoms with Gasteiger partial charge in [0.15, 0.2) is 0 Å². The van der Waals surface area contributed by atoms with Crippen LogP contribution >= 0.6 is 0 Å². The van der Waals surface area contributed by atoms with Crippen molar-refractivity contribution in [3.63, 3.8) is 0 Å². The van der Waals surface area contributed by atoms with E-state index in [2.05, 4.69) is 0 Å². The van der Waals surface area contributed by atoms with Crippen molar-refractivity contribution < 1.29 is 9.90 Å². The maximum atomic E-state index is 11.3. The minimum atomic E-state index is -0.751. The molecule has 3 nitrogen and oxygen atoms in total. The van der Waals surface area contributed by atoms with Crippen LogP contribution in [0.25, 0.3) is 6.08 Å². The molecule has 1 N–H and O–H groups in total. The van der Waals surface area contributed by atoms with Gasteiger partial charge < -0.3 is 5.11 Å². The highest BCUT2D eigenvalue weighted by Gasteiger charge is 2.52. The highest BCUT2D eigenvalue weighted by molar-refractivity contribution is 5.86. The molecule has 0 bridgehead atoms. The summed E-state index contributed by atoms with van der Waals surface area (Å²) in [7, 11) is 0. The maximum Gasteiger partial charge on any atom is 0.314 e.